The largest absolute Gasteiger partial charge is 0.386 e. The van der Waals surface area contributed by atoms with E-state index in [2.05, 4.69) is 6.92 Å². The van der Waals surface area contributed by atoms with E-state index in [0.29, 0.717) is 19.0 Å². The van der Waals surface area contributed by atoms with E-state index in [0.717, 1.165) is 19.3 Å². The molecule has 3 N–H and O–H groups in total. The number of β-amino-alcohol motifs (C(OH)–C–C–N with tert-alkyl or cyclic N) is 1. The first-order valence-corrected chi connectivity index (χ1v) is 6.13. The molecule has 0 aromatic heterocycles. The fourth-order valence-electron chi connectivity index (χ4n) is 3.02. The summed E-state index contributed by atoms with van der Waals surface area (Å²) in [5.74, 6) is 0.565. The Morgan fingerprint density at radius 2 is 2.12 bits per heavy atom. The first kappa shape index (κ1) is 11.9. The Morgan fingerprint density at radius 3 is 2.62 bits per heavy atom. The molecule has 16 heavy (non-hydrogen) atoms. The van der Waals surface area contributed by atoms with E-state index in [4.69, 9.17) is 5.73 Å². The second-order valence-corrected chi connectivity index (χ2v) is 6.02. The molecule has 1 saturated carbocycles. The molecule has 92 valence electrons. The highest BCUT2D eigenvalue weighted by Crippen LogP contribution is 2.34. The molecule has 2 aliphatic rings. The molecule has 4 nitrogen and oxygen atoms in total. The van der Waals surface area contributed by atoms with Crippen LogP contribution in [0.2, 0.25) is 0 Å². The summed E-state index contributed by atoms with van der Waals surface area (Å²) in [6, 6.07) is 0. The highest BCUT2D eigenvalue weighted by atomic mass is 16.3. The molecule has 0 aromatic carbocycles. The van der Waals surface area contributed by atoms with Crippen molar-refractivity contribution < 1.29 is 9.90 Å². The maximum atomic E-state index is 12.2. The Balaban J connectivity index is 1.99. The van der Waals surface area contributed by atoms with Gasteiger partial charge in [-0.15, -0.1) is 0 Å². The van der Waals surface area contributed by atoms with Gasteiger partial charge in [-0.1, -0.05) is 19.8 Å². The van der Waals surface area contributed by atoms with Crippen LogP contribution in [0.3, 0.4) is 0 Å². The summed E-state index contributed by atoms with van der Waals surface area (Å²) in [4.78, 5) is 13.9. The quantitative estimate of drug-likeness (QED) is 0.683. The Morgan fingerprint density at radius 1 is 1.50 bits per heavy atom. The van der Waals surface area contributed by atoms with Crippen LogP contribution in [-0.2, 0) is 4.79 Å². The van der Waals surface area contributed by atoms with Gasteiger partial charge in [-0.25, -0.2) is 0 Å². The predicted octanol–water partition coefficient (Wildman–Crippen LogP) is 0.487. The highest BCUT2D eigenvalue weighted by molar-refractivity contribution is 5.87. The molecular formula is C12H22N2O2. The van der Waals surface area contributed by atoms with Crippen LogP contribution in [0.1, 0.15) is 39.5 Å². The molecule has 1 heterocycles. The molecule has 1 amide bonds. The average Bonchev–Trinajstić information content (AvgIpc) is 2.12. The Hall–Kier alpha value is -0.610. The van der Waals surface area contributed by atoms with Gasteiger partial charge in [-0.2, -0.15) is 0 Å². The summed E-state index contributed by atoms with van der Waals surface area (Å²) < 4.78 is 0. The van der Waals surface area contributed by atoms with Crippen molar-refractivity contribution in [2.45, 2.75) is 50.7 Å². The van der Waals surface area contributed by atoms with Crippen molar-refractivity contribution in [1.29, 1.82) is 0 Å². The first-order chi connectivity index (χ1) is 7.32. The summed E-state index contributed by atoms with van der Waals surface area (Å²) >= 11 is 0. The van der Waals surface area contributed by atoms with Gasteiger partial charge in [0.15, 0.2) is 0 Å². The number of hydrogen-bond acceptors (Lipinski definition) is 3. The number of carbonyl (C=O) groups excluding carboxylic acids is 1. The van der Waals surface area contributed by atoms with Gasteiger partial charge < -0.3 is 15.7 Å². The van der Waals surface area contributed by atoms with E-state index in [9.17, 15) is 9.90 Å². The van der Waals surface area contributed by atoms with Gasteiger partial charge >= 0.3 is 0 Å². The number of likely N-dealkylation sites (tertiary alicyclic amines) is 1. The van der Waals surface area contributed by atoms with E-state index in [1.54, 1.807) is 11.8 Å². The Kier molecular flexibility index (Phi) is 2.75. The minimum Gasteiger partial charge on any atom is -0.386 e. The minimum absolute atomic E-state index is 0.0329. The molecule has 1 aliphatic carbocycles. The van der Waals surface area contributed by atoms with Crippen LogP contribution in [0.15, 0.2) is 0 Å². The van der Waals surface area contributed by atoms with Crippen LogP contribution < -0.4 is 5.73 Å². The molecule has 0 radical (unpaired) electrons. The number of nitrogens with zero attached hydrogens (tertiary/aromatic N) is 1. The van der Waals surface area contributed by atoms with Gasteiger partial charge in [0.25, 0.3) is 0 Å². The van der Waals surface area contributed by atoms with E-state index in [1.807, 2.05) is 0 Å². The third-order valence-corrected chi connectivity index (χ3v) is 3.81. The van der Waals surface area contributed by atoms with Gasteiger partial charge in [-0.05, 0) is 25.7 Å². The second kappa shape index (κ2) is 3.70. The van der Waals surface area contributed by atoms with Gasteiger partial charge in [0.2, 0.25) is 5.91 Å². The molecule has 2 fully saturated rings. The van der Waals surface area contributed by atoms with Gasteiger partial charge in [0, 0.05) is 0 Å². The summed E-state index contributed by atoms with van der Waals surface area (Å²) in [6.07, 6.45) is 3.77. The zero-order valence-electron chi connectivity index (χ0n) is 10.2. The summed E-state index contributed by atoms with van der Waals surface area (Å²) in [7, 11) is 0. The molecule has 2 atom stereocenters. The zero-order valence-corrected chi connectivity index (χ0v) is 10.2. The number of rotatable bonds is 1. The van der Waals surface area contributed by atoms with Crippen LogP contribution in [0, 0.1) is 5.92 Å². The van der Waals surface area contributed by atoms with Crippen molar-refractivity contribution in [3.05, 3.63) is 0 Å². The van der Waals surface area contributed by atoms with Crippen molar-refractivity contribution in [2.24, 2.45) is 11.7 Å². The molecule has 0 spiro atoms. The van der Waals surface area contributed by atoms with Crippen LogP contribution in [0.5, 0.6) is 0 Å². The lowest BCUT2D eigenvalue weighted by molar-refractivity contribution is -0.159. The van der Waals surface area contributed by atoms with Crippen molar-refractivity contribution in [3.63, 3.8) is 0 Å². The number of amides is 1. The molecule has 0 aromatic rings. The number of hydrogen-bond donors (Lipinski definition) is 2. The van der Waals surface area contributed by atoms with Crippen LogP contribution in [0.4, 0.5) is 0 Å². The van der Waals surface area contributed by atoms with E-state index in [1.165, 1.54) is 6.42 Å². The summed E-state index contributed by atoms with van der Waals surface area (Å²) in [5, 5.41) is 9.63. The molecule has 2 unspecified atom stereocenters. The topological polar surface area (TPSA) is 66.6 Å². The zero-order chi connectivity index (χ0) is 12.0. The van der Waals surface area contributed by atoms with Crippen molar-refractivity contribution >= 4 is 5.91 Å². The predicted molar refractivity (Wildman–Crippen MR) is 61.8 cm³/mol. The van der Waals surface area contributed by atoms with Gasteiger partial charge in [0.1, 0.15) is 0 Å². The lowest BCUT2D eigenvalue weighted by Crippen LogP contribution is -2.68. The summed E-state index contributed by atoms with van der Waals surface area (Å²) in [5.41, 5.74) is 4.84. The van der Waals surface area contributed by atoms with Gasteiger partial charge in [-0.3, -0.25) is 4.79 Å². The lowest BCUT2D eigenvalue weighted by Gasteiger charge is -2.48. The third kappa shape index (κ3) is 2.09. The highest BCUT2D eigenvalue weighted by Gasteiger charge is 2.47. The molecule has 0 bridgehead atoms. The maximum Gasteiger partial charge on any atom is 0.242 e. The standard InChI is InChI=1S/C12H22N2O2/c1-9-4-3-5-12(13,6-9)10(15)14-7-11(2,16)8-14/h9,16H,3-8,13H2,1-2H3. The SMILES string of the molecule is CC1CCCC(N)(C(=O)N2CC(C)(O)C2)C1. The number of aliphatic hydroxyl groups is 1. The Bertz CT molecular complexity index is 295. The first-order valence-electron chi connectivity index (χ1n) is 6.13. The van der Waals surface area contributed by atoms with Crippen LogP contribution in [-0.4, -0.2) is 40.1 Å². The Labute approximate surface area is 96.8 Å². The van der Waals surface area contributed by atoms with Crippen molar-refractivity contribution in [3.8, 4) is 0 Å². The minimum atomic E-state index is -0.702. The van der Waals surface area contributed by atoms with Crippen LogP contribution >= 0.6 is 0 Å². The summed E-state index contributed by atoms with van der Waals surface area (Å²) in [6.45, 7) is 4.77. The third-order valence-electron chi connectivity index (χ3n) is 3.81. The maximum absolute atomic E-state index is 12.2. The number of carbonyl (C=O) groups is 1. The molecular weight excluding hydrogens is 204 g/mol. The fourth-order valence-corrected chi connectivity index (χ4v) is 3.02. The average molecular weight is 226 g/mol. The normalized spacial score (nSPS) is 38.0. The van der Waals surface area contributed by atoms with Crippen molar-refractivity contribution in [2.75, 3.05) is 13.1 Å². The van der Waals surface area contributed by atoms with Crippen LogP contribution in [0.25, 0.3) is 0 Å². The molecule has 2 rings (SSSR count). The lowest BCUT2D eigenvalue weighted by atomic mass is 9.75. The van der Waals surface area contributed by atoms with E-state index < -0.39 is 11.1 Å². The van der Waals surface area contributed by atoms with Crippen molar-refractivity contribution in [1.82, 2.24) is 4.90 Å². The molecule has 4 heteroatoms. The smallest absolute Gasteiger partial charge is 0.242 e. The second-order valence-electron chi connectivity index (χ2n) is 6.02. The molecule has 1 saturated heterocycles. The monoisotopic (exact) mass is 226 g/mol. The van der Waals surface area contributed by atoms with E-state index in [-0.39, 0.29) is 5.91 Å². The van der Waals surface area contributed by atoms with Gasteiger partial charge in [0.05, 0.1) is 24.2 Å². The molecule has 1 aliphatic heterocycles. The van der Waals surface area contributed by atoms with E-state index >= 15 is 0 Å². The fraction of sp³-hybridized carbons (Fsp3) is 0.917. The number of nitrogens with two attached hydrogens (primary N) is 1.